The largest absolute Gasteiger partial charge is 0.382 e. The van der Waals surface area contributed by atoms with Gasteiger partial charge in [-0.2, -0.15) is 0 Å². The Hall–Kier alpha value is -2.02. The monoisotopic (exact) mass is 437 g/mol. The van der Waals surface area contributed by atoms with Gasteiger partial charge in [0.25, 0.3) is 5.91 Å². The summed E-state index contributed by atoms with van der Waals surface area (Å²) < 4.78 is 11.4. The zero-order valence-corrected chi connectivity index (χ0v) is 19.2. The third-order valence-electron chi connectivity index (χ3n) is 7.87. The van der Waals surface area contributed by atoms with E-state index >= 15 is 0 Å². The molecule has 5 rings (SSSR count). The van der Waals surface area contributed by atoms with Gasteiger partial charge in [0.2, 0.25) is 0 Å². The molecule has 6 nitrogen and oxygen atoms in total. The van der Waals surface area contributed by atoms with Crippen molar-refractivity contribution in [3.8, 4) is 0 Å². The lowest BCUT2D eigenvalue weighted by atomic mass is 9.69. The van der Waals surface area contributed by atoms with Gasteiger partial charge in [0.15, 0.2) is 0 Å². The number of methoxy groups -OCH3 is 1. The van der Waals surface area contributed by atoms with Crippen molar-refractivity contribution >= 4 is 16.8 Å². The second-order valence-corrected chi connectivity index (χ2v) is 9.58. The Morgan fingerprint density at radius 3 is 2.62 bits per heavy atom. The molecule has 1 saturated carbocycles. The van der Waals surface area contributed by atoms with Crippen LogP contribution in [0.3, 0.4) is 0 Å². The summed E-state index contributed by atoms with van der Waals surface area (Å²) in [6, 6.07) is 12.4. The highest BCUT2D eigenvalue weighted by molar-refractivity contribution is 5.95. The number of nitrogens with zero attached hydrogens (tertiary/aromatic N) is 3. The van der Waals surface area contributed by atoms with Crippen LogP contribution in [0.25, 0.3) is 10.9 Å². The minimum absolute atomic E-state index is 0.0611. The molecule has 3 fully saturated rings. The maximum Gasteiger partial charge on any atom is 0.272 e. The van der Waals surface area contributed by atoms with E-state index in [0.717, 1.165) is 43.4 Å². The Balaban J connectivity index is 1.21. The van der Waals surface area contributed by atoms with Crippen LogP contribution >= 0.6 is 0 Å². The number of benzene rings is 1. The molecular formula is C26H35N3O3. The first-order valence-corrected chi connectivity index (χ1v) is 12.2. The van der Waals surface area contributed by atoms with Crippen LogP contribution in [0, 0.1) is 0 Å². The molecule has 2 aliphatic heterocycles. The van der Waals surface area contributed by atoms with Gasteiger partial charge >= 0.3 is 0 Å². The Labute approximate surface area is 190 Å². The van der Waals surface area contributed by atoms with E-state index in [2.05, 4.69) is 9.88 Å². The number of carbonyl (C=O) groups is 1. The lowest BCUT2D eigenvalue weighted by Crippen LogP contribution is -2.75. The van der Waals surface area contributed by atoms with Gasteiger partial charge in [-0.15, -0.1) is 0 Å². The number of amides is 1. The van der Waals surface area contributed by atoms with Gasteiger partial charge in [0, 0.05) is 43.7 Å². The van der Waals surface area contributed by atoms with Gasteiger partial charge in [-0.05, 0) is 37.8 Å². The molecule has 1 aromatic heterocycles. The summed E-state index contributed by atoms with van der Waals surface area (Å²) in [6.45, 7) is 3.98. The molecule has 1 atom stereocenters. The molecule has 3 aliphatic rings. The topological polar surface area (TPSA) is 54.9 Å². The normalized spacial score (nSPS) is 24.0. The number of likely N-dealkylation sites (tertiary alicyclic amines) is 2. The average molecular weight is 438 g/mol. The lowest BCUT2D eigenvalue weighted by molar-refractivity contribution is -0.203. The SMILES string of the molecule is COCCO[C@H]1CN(C2CCN(C(=O)c3ccc4ccccc4n3)CC2)C12CCCCC2. The third kappa shape index (κ3) is 4.04. The van der Waals surface area contributed by atoms with E-state index < -0.39 is 0 Å². The number of aromatic nitrogens is 1. The Bertz CT molecular complexity index is 935. The van der Waals surface area contributed by atoms with Crippen LogP contribution in [0.5, 0.6) is 0 Å². The first kappa shape index (κ1) is 21.8. The molecule has 2 aromatic rings. The summed E-state index contributed by atoms with van der Waals surface area (Å²) in [4.78, 5) is 22.5. The quantitative estimate of drug-likeness (QED) is 0.642. The number of hydrogen-bond donors (Lipinski definition) is 0. The van der Waals surface area contributed by atoms with E-state index in [0.29, 0.717) is 31.1 Å². The van der Waals surface area contributed by atoms with Gasteiger partial charge in [0.1, 0.15) is 5.69 Å². The molecular weight excluding hydrogens is 402 g/mol. The van der Waals surface area contributed by atoms with Crippen LogP contribution in [-0.2, 0) is 9.47 Å². The van der Waals surface area contributed by atoms with Gasteiger partial charge in [0.05, 0.1) is 24.8 Å². The highest BCUT2D eigenvalue weighted by Crippen LogP contribution is 2.47. The third-order valence-corrected chi connectivity index (χ3v) is 7.87. The fourth-order valence-electron chi connectivity index (χ4n) is 6.10. The van der Waals surface area contributed by atoms with Crippen molar-refractivity contribution < 1.29 is 14.3 Å². The number of ether oxygens (including phenoxy) is 2. The van der Waals surface area contributed by atoms with Gasteiger partial charge in [-0.3, -0.25) is 9.69 Å². The molecule has 0 bridgehead atoms. The van der Waals surface area contributed by atoms with E-state index in [4.69, 9.17) is 9.47 Å². The Morgan fingerprint density at radius 2 is 1.84 bits per heavy atom. The van der Waals surface area contributed by atoms with Crippen LogP contribution in [0.15, 0.2) is 36.4 Å². The summed E-state index contributed by atoms with van der Waals surface area (Å²) in [5.74, 6) is 0.0611. The van der Waals surface area contributed by atoms with E-state index in [1.807, 2.05) is 41.3 Å². The molecule has 32 heavy (non-hydrogen) atoms. The average Bonchev–Trinajstić information content (AvgIpc) is 2.85. The smallest absolute Gasteiger partial charge is 0.272 e. The van der Waals surface area contributed by atoms with Crippen LogP contribution in [0.2, 0.25) is 0 Å². The minimum Gasteiger partial charge on any atom is -0.382 e. The summed E-state index contributed by atoms with van der Waals surface area (Å²) in [5, 5.41) is 1.07. The van der Waals surface area contributed by atoms with Gasteiger partial charge in [-0.1, -0.05) is 43.5 Å². The summed E-state index contributed by atoms with van der Waals surface area (Å²) >= 11 is 0. The highest BCUT2D eigenvalue weighted by atomic mass is 16.5. The molecule has 1 aromatic carbocycles. The zero-order valence-electron chi connectivity index (χ0n) is 19.2. The van der Waals surface area contributed by atoms with Gasteiger partial charge < -0.3 is 14.4 Å². The van der Waals surface area contributed by atoms with E-state index in [9.17, 15) is 4.79 Å². The molecule has 1 amide bonds. The molecule has 1 spiro atoms. The predicted molar refractivity (Wildman–Crippen MR) is 125 cm³/mol. The Kier molecular flexibility index (Phi) is 6.44. The fraction of sp³-hybridized carbons (Fsp3) is 0.615. The van der Waals surface area contributed by atoms with Crippen molar-refractivity contribution in [2.75, 3.05) is 40.0 Å². The fourth-order valence-corrected chi connectivity index (χ4v) is 6.10. The number of fused-ring (bicyclic) bond motifs is 1. The first-order valence-electron chi connectivity index (χ1n) is 12.2. The lowest BCUT2D eigenvalue weighted by Gasteiger charge is -2.63. The molecule has 6 heteroatoms. The molecule has 0 N–H and O–H groups in total. The molecule has 2 saturated heterocycles. The van der Waals surface area contributed by atoms with Crippen LogP contribution in [0.4, 0.5) is 0 Å². The van der Waals surface area contributed by atoms with E-state index in [-0.39, 0.29) is 11.4 Å². The number of carbonyl (C=O) groups excluding carboxylic acids is 1. The van der Waals surface area contributed by atoms with Crippen molar-refractivity contribution in [2.45, 2.75) is 62.6 Å². The first-order chi connectivity index (χ1) is 15.7. The van der Waals surface area contributed by atoms with Gasteiger partial charge in [-0.25, -0.2) is 4.98 Å². The van der Waals surface area contributed by atoms with Crippen LogP contribution in [0.1, 0.15) is 55.4 Å². The van der Waals surface area contributed by atoms with Crippen molar-refractivity contribution in [2.24, 2.45) is 0 Å². The van der Waals surface area contributed by atoms with Crippen molar-refractivity contribution in [1.29, 1.82) is 0 Å². The van der Waals surface area contributed by atoms with Crippen LogP contribution < -0.4 is 0 Å². The predicted octanol–water partition coefficient (Wildman–Crippen LogP) is 3.89. The zero-order chi connectivity index (χ0) is 22.0. The number of rotatable bonds is 6. The maximum atomic E-state index is 13.1. The summed E-state index contributed by atoms with van der Waals surface area (Å²) in [5.41, 5.74) is 1.65. The molecule has 172 valence electrons. The standard InChI is InChI=1S/C26H35N3O3/c1-31-17-18-32-24-19-29(26(24)13-5-2-6-14-26)21-11-15-28(16-12-21)25(30)23-10-9-20-7-3-4-8-22(20)27-23/h3-4,7-10,21,24H,2,5-6,11-19H2,1H3/t24-/m0/s1. The highest BCUT2D eigenvalue weighted by Gasteiger charge is 2.56. The number of pyridine rings is 1. The number of hydrogen-bond acceptors (Lipinski definition) is 5. The maximum absolute atomic E-state index is 13.1. The molecule has 0 radical (unpaired) electrons. The van der Waals surface area contributed by atoms with Crippen molar-refractivity contribution in [3.05, 3.63) is 42.1 Å². The van der Waals surface area contributed by atoms with E-state index in [1.165, 1.54) is 32.1 Å². The second kappa shape index (κ2) is 9.46. The summed E-state index contributed by atoms with van der Waals surface area (Å²) in [6.07, 6.45) is 8.82. The van der Waals surface area contributed by atoms with E-state index in [1.54, 1.807) is 7.11 Å². The summed E-state index contributed by atoms with van der Waals surface area (Å²) in [7, 11) is 1.73. The molecule has 0 unspecified atom stereocenters. The van der Waals surface area contributed by atoms with Crippen molar-refractivity contribution in [3.63, 3.8) is 0 Å². The number of piperidine rings is 1. The van der Waals surface area contributed by atoms with Crippen molar-refractivity contribution in [1.82, 2.24) is 14.8 Å². The molecule has 1 aliphatic carbocycles. The van der Waals surface area contributed by atoms with Crippen LogP contribution in [-0.4, -0.2) is 78.3 Å². The molecule has 3 heterocycles. The Morgan fingerprint density at radius 1 is 1.06 bits per heavy atom. The minimum atomic E-state index is 0.0611. The second-order valence-electron chi connectivity index (χ2n) is 9.58. The number of para-hydroxylation sites is 1.